The Morgan fingerprint density at radius 3 is 2.45 bits per heavy atom. The van der Waals surface area contributed by atoms with Crippen LogP contribution in [0.15, 0.2) is 11.4 Å². The van der Waals surface area contributed by atoms with Crippen molar-refractivity contribution in [2.75, 3.05) is 13.1 Å². The molecule has 1 heterocycles. The minimum Gasteiger partial charge on any atom is -0.481 e. The fraction of sp³-hybridized carbons (Fsp3) is 0.500. The predicted octanol–water partition coefficient (Wildman–Crippen LogP) is 2.52. The third-order valence-electron chi connectivity index (χ3n) is 2.69. The maximum atomic E-state index is 12.4. The monoisotopic (exact) mass is 297 g/mol. The number of hydrogen-bond donors (Lipinski definition) is 1. The number of carbonyl (C=O) groups is 3. The van der Waals surface area contributed by atoms with Gasteiger partial charge < -0.3 is 10.0 Å². The lowest BCUT2D eigenvalue weighted by atomic mass is 10.2. The second-order valence-electron chi connectivity index (χ2n) is 5.04. The van der Waals surface area contributed by atoms with Gasteiger partial charge in [0.2, 0.25) is 0 Å². The zero-order valence-electron chi connectivity index (χ0n) is 11.9. The number of aliphatic carboxylic acids is 1. The normalized spacial score (nSPS) is 10.6. The molecule has 20 heavy (non-hydrogen) atoms. The lowest BCUT2D eigenvalue weighted by Gasteiger charge is -2.23. The number of carbonyl (C=O) groups excluding carboxylic acids is 2. The molecule has 0 radical (unpaired) electrons. The Labute approximate surface area is 122 Å². The van der Waals surface area contributed by atoms with Gasteiger partial charge in [-0.15, -0.1) is 11.3 Å². The van der Waals surface area contributed by atoms with E-state index in [0.29, 0.717) is 17.0 Å². The first-order valence-corrected chi connectivity index (χ1v) is 7.29. The van der Waals surface area contributed by atoms with Gasteiger partial charge in [0, 0.05) is 24.0 Å². The van der Waals surface area contributed by atoms with E-state index < -0.39 is 5.97 Å². The molecule has 0 spiro atoms. The summed E-state index contributed by atoms with van der Waals surface area (Å²) in [6.45, 7) is 6.07. The van der Waals surface area contributed by atoms with Crippen LogP contribution in [0.5, 0.6) is 0 Å². The standard InChI is InChI=1S/C14H19NO4S/c1-9(2)7-15(5-4-13(17)18)14(19)12-6-11(8-20-12)10(3)16/h6,8-9H,4-5,7H2,1-3H3,(H,17,18). The highest BCUT2D eigenvalue weighted by Gasteiger charge is 2.20. The maximum Gasteiger partial charge on any atom is 0.305 e. The van der Waals surface area contributed by atoms with Gasteiger partial charge in [-0.3, -0.25) is 14.4 Å². The minimum absolute atomic E-state index is 0.0800. The number of carboxylic acids is 1. The van der Waals surface area contributed by atoms with Crippen molar-refractivity contribution in [1.82, 2.24) is 4.90 Å². The van der Waals surface area contributed by atoms with Gasteiger partial charge >= 0.3 is 5.97 Å². The van der Waals surface area contributed by atoms with Crippen LogP contribution in [0.1, 0.15) is 47.2 Å². The molecule has 0 aromatic carbocycles. The number of carboxylic acid groups (broad SMARTS) is 1. The summed E-state index contributed by atoms with van der Waals surface area (Å²) in [5.74, 6) is -0.971. The molecule has 6 heteroatoms. The predicted molar refractivity (Wildman–Crippen MR) is 77.3 cm³/mol. The minimum atomic E-state index is -0.929. The highest BCUT2D eigenvalue weighted by atomic mass is 32.1. The summed E-state index contributed by atoms with van der Waals surface area (Å²) in [6, 6.07) is 1.57. The molecule has 1 N–H and O–H groups in total. The number of ketones is 1. The van der Waals surface area contributed by atoms with Crippen LogP contribution in [0, 0.1) is 5.92 Å². The van der Waals surface area contributed by atoms with Gasteiger partial charge in [-0.2, -0.15) is 0 Å². The van der Waals surface area contributed by atoms with Crippen LogP contribution in [0.3, 0.4) is 0 Å². The van der Waals surface area contributed by atoms with Crippen LogP contribution >= 0.6 is 11.3 Å². The van der Waals surface area contributed by atoms with Gasteiger partial charge in [-0.25, -0.2) is 0 Å². The summed E-state index contributed by atoms with van der Waals surface area (Å²) in [7, 11) is 0. The number of thiophene rings is 1. The number of hydrogen-bond acceptors (Lipinski definition) is 4. The van der Waals surface area contributed by atoms with Gasteiger partial charge in [-0.05, 0) is 18.9 Å². The van der Waals surface area contributed by atoms with Crippen LogP contribution in [0.2, 0.25) is 0 Å². The number of Topliss-reactive ketones (excluding diaryl/α,β-unsaturated/α-hetero) is 1. The summed E-state index contributed by atoms with van der Waals surface area (Å²) in [6.07, 6.45) is -0.0800. The van der Waals surface area contributed by atoms with Gasteiger partial charge in [0.05, 0.1) is 11.3 Å². The largest absolute Gasteiger partial charge is 0.481 e. The quantitative estimate of drug-likeness (QED) is 0.785. The summed E-state index contributed by atoms with van der Waals surface area (Å²) < 4.78 is 0. The topological polar surface area (TPSA) is 74.7 Å². The average Bonchev–Trinajstić information content (AvgIpc) is 2.82. The van der Waals surface area contributed by atoms with Crippen molar-refractivity contribution in [1.29, 1.82) is 0 Å². The molecule has 0 aliphatic heterocycles. The molecule has 1 amide bonds. The van der Waals surface area contributed by atoms with Crippen molar-refractivity contribution < 1.29 is 19.5 Å². The zero-order chi connectivity index (χ0) is 15.3. The van der Waals surface area contributed by atoms with Crippen molar-refractivity contribution in [3.8, 4) is 0 Å². The van der Waals surface area contributed by atoms with Crippen LogP contribution < -0.4 is 0 Å². The molecule has 0 aliphatic rings. The molecule has 1 aromatic heterocycles. The highest BCUT2D eigenvalue weighted by molar-refractivity contribution is 7.12. The fourth-order valence-electron chi connectivity index (χ4n) is 1.74. The summed E-state index contributed by atoms with van der Waals surface area (Å²) >= 11 is 1.22. The van der Waals surface area contributed by atoms with E-state index in [9.17, 15) is 14.4 Å². The molecule has 0 saturated carbocycles. The molecule has 0 saturated heterocycles. The second kappa shape index (κ2) is 7.19. The Kier molecular flexibility index (Phi) is 5.88. The van der Waals surface area contributed by atoms with Gasteiger partial charge in [0.15, 0.2) is 5.78 Å². The van der Waals surface area contributed by atoms with Crippen molar-refractivity contribution in [3.05, 3.63) is 21.9 Å². The molecule has 1 aromatic rings. The van der Waals surface area contributed by atoms with E-state index in [1.807, 2.05) is 13.8 Å². The van der Waals surface area contributed by atoms with Gasteiger partial charge in [0.1, 0.15) is 0 Å². The van der Waals surface area contributed by atoms with E-state index >= 15 is 0 Å². The van der Waals surface area contributed by atoms with Gasteiger partial charge in [-0.1, -0.05) is 13.8 Å². The first-order valence-electron chi connectivity index (χ1n) is 6.41. The van der Waals surface area contributed by atoms with E-state index in [2.05, 4.69) is 0 Å². The summed E-state index contributed by atoms with van der Waals surface area (Å²) in [5.41, 5.74) is 0.515. The van der Waals surface area contributed by atoms with Crippen molar-refractivity contribution in [2.45, 2.75) is 27.2 Å². The number of rotatable bonds is 7. The zero-order valence-corrected chi connectivity index (χ0v) is 12.7. The molecule has 0 unspecified atom stereocenters. The first-order chi connectivity index (χ1) is 9.31. The van der Waals surface area contributed by atoms with Crippen molar-refractivity contribution in [2.24, 2.45) is 5.92 Å². The summed E-state index contributed by atoms with van der Waals surface area (Å²) in [4.78, 5) is 36.3. The first kappa shape index (κ1) is 16.4. The average molecular weight is 297 g/mol. The van der Waals surface area contributed by atoms with Crippen LogP contribution in [0.4, 0.5) is 0 Å². The van der Waals surface area contributed by atoms with E-state index in [4.69, 9.17) is 5.11 Å². The smallest absolute Gasteiger partial charge is 0.305 e. The van der Waals surface area contributed by atoms with Crippen molar-refractivity contribution >= 4 is 29.0 Å². The molecular formula is C14H19NO4S. The molecule has 0 bridgehead atoms. The molecule has 0 fully saturated rings. The Hall–Kier alpha value is -1.69. The Bertz CT molecular complexity index is 507. The summed E-state index contributed by atoms with van der Waals surface area (Å²) in [5, 5.41) is 10.4. The maximum absolute atomic E-state index is 12.4. The molecule has 0 atom stereocenters. The fourth-order valence-corrected chi connectivity index (χ4v) is 2.65. The lowest BCUT2D eigenvalue weighted by molar-refractivity contribution is -0.137. The van der Waals surface area contributed by atoms with E-state index in [1.165, 1.54) is 23.2 Å². The Balaban J connectivity index is 2.84. The molecular weight excluding hydrogens is 278 g/mol. The van der Waals surface area contributed by atoms with E-state index in [-0.39, 0.29) is 30.6 Å². The molecule has 1 rings (SSSR count). The third-order valence-corrected chi connectivity index (χ3v) is 3.60. The Morgan fingerprint density at radius 1 is 1.35 bits per heavy atom. The highest BCUT2D eigenvalue weighted by Crippen LogP contribution is 2.18. The second-order valence-corrected chi connectivity index (χ2v) is 5.96. The Morgan fingerprint density at radius 2 is 2.00 bits per heavy atom. The van der Waals surface area contributed by atoms with Crippen LogP contribution in [-0.2, 0) is 4.79 Å². The van der Waals surface area contributed by atoms with Crippen LogP contribution in [-0.4, -0.2) is 40.8 Å². The lowest BCUT2D eigenvalue weighted by Crippen LogP contribution is -2.35. The number of amides is 1. The molecule has 110 valence electrons. The third kappa shape index (κ3) is 4.77. The molecule has 5 nitrogen and oxygen atoms in total. The SMILES string of the molecule is CC(=O)c1csc(C(=O)N(CCC(=O)O)CC(C)C)c1. The molecule has 0 aliphatic carbocycles. The number of nitrogens with zero attached hydrogens (tertiary/aromatic N) is 1. The van der Waals surface area contributed by atoms with E-state index in [1.54, 1.807) is 11.4 Å². The van der Waals surface area contributed by atoms with Gasteiger partial charge in [0.25, 0.3) is 5.91 Å². The van der Waals surface area contributed by atoms with Crippen molar-refractivity contribution in [3.63, 3.8) is 0 Å². The van der Waals surface area contributed by atoms with Crippen LogP contribution in [0.25, 0.3) is 0 Å². The van der Waals surface area contributed by atoms with E-state index in [0.717, 1.165) is 0 Å².